The molecule has 4 heteroatoms. The van der Waals surface area contributed by atoms with E-state index in [9.17, 15) is 0 Å². The fourth-order valence-corrected chi connectivity index (χ4v) is 1.61. The summed E-state index contributed by atoms with van der Waals surface area (Å²) in [5.74, 6) is 0. The van der Waals surface area contributed by atoms with Gasteiger partial charge in [0.2, 0.25) is 0 Å². The van der Waals surface area contributed by atoms with Crippen LogP contribution in [0, 0.1) is 0 Å². The van der Waals surface area contributed by atoms with Crippen molar-refractivity contribution in [3.05, 3.63) is 12.7 Å². The predicted octanol–water partition coefficient (Wildman–Crippen LogP) is -0.545. The first-order chi connectivity index (χ1) is 6.86. The molecule has 0 aromatic carbocycles. The van der Waals surface area contributed by atoms with E-state index in [0.29, 0.717) is 6.54 Å². The van der Waals surface area contributed by atoms with Gasteiger partial charge in [-0.2, -0.15) is 0 Å². The number of aliphatic hydroxyl groups excluding tert-OH is 1. The Morgan fingerprint density at radius 2 is 2.50 bits per heavy atom. The van der Waals surface area contributed by atoms with Crippen LogP contribution in [0.4, 0.5) is 0 Å². The molecule has 1 heterocycles. The minimum absolute atomic E-state index is 0.188. The Morgan fingerprint density at radius 1 is 1.64 bits per heavy atom. The van der Waals surface area contributed by atoms with Gasteiger partial charge >= 0.3 is 0 Å². The van der Waals surface area contributed by atoms with Crippen molar-refractivity contribution in [2.45, 2.75) is 6.10 Å². The van der Waals surface area contributed by atoms with Crippen molar-refractivity contribution < 1.29 is 9.84 Å². The lowest BCUT2D eigenvalue weighted by molar-refractivity contribution is 0.00523. The topological polar surface area (TPSA) is 44.7 Å². The molecule has 1 fully saturated rings. The normalized spacial score (nSPS) is 22.6. The van der Waals surface area contributed by atoms with E-state index < -0.39 is 0 Å². The van der Waals surface area contributed by atoms with E-state index in [0.717, 1.165) is 32.8 Å². The summed E-state index contributed by atoms with van der Waals surface area (Å²) in [6.07, 6.45) is 2.10. The highest BCUT2D eigenvalue weighted by atomic mass is 16.5. The Hall–Kier alpha value is -0.420. The summed E-state index contributed by atoms with van der Waals surface area (Å²) < 4.78 is 5.58. The quantitative estimate of drug-likeness (QED) is 0.565. The zero-order valence-electron chi connectivity index (χ0n) is 8.61. The lowest BCUT2D eigenvalue weighted by Gasteiger charge is -2.29. The maximum absolute atomic E-state index is 8.86. The molecule has 0 aromatic rings. The SMILES string of the molecule is C=CCN(CCO)CC1CNCCO1. The molecule has 82 valence electrons. The van der Waals surface area contributed by atoms with Gasteiger partial charge in [0.25, 0.3) is 0 Å². The number of aliphatic hydroxyl groups is 1. The molecule has 0 radical (unpaired) electrons. The third kappa shape index (κ3) is 4.19. The minimum atomic E-state index is 0.188. The molecule has 0 bridgehead atoms. The number of hydrogen-bond acceptors (Lipinski definition) is 4. The van der Waals surface area contributed by atoms with Crippen LogP contribution in [0.3, 0.4) is 0 Å². The Morgan fingerprint density at radius 3 is 3.07 bits per heavy atom. The lowest BCUT2D eigenvalue weighted by Crippen LogP contribution is -2.45. The van der Waals surface area contributed by atoms with E-state index in [1.54, 1.807) is 0 Å². The average molecular weight is 200 g/mol. The average Bonchev–Trinajstić information content (AvgIpc) is 2.20. The third-order valence-electron chi connectivity index (χ3n) is 2.27. The van der Waals surface area contributed by atoms with Crippen LogP contribution in [0.1, 0.15) is 0 Å². The lowest BCUT2D eigenvalue weighted by atomic mass is 10.2. The Kier molecular flexibility index (Phi) is 5.78. The Bertz CT molecular complexity index is 158. The summed E-state index contributed by atoms with van der Waals surface area (Å²) in [4.78, 5) is 2.14. The number of rotatable bonds is 6. The van der Waals surface area contributed by atoms with Crippen molar-refractivity contribution in [3.8, 4) is 0 Å². The van der Waals surface area contributed by atoms with E-state index in [4.69, 9.17) is 9.84 Å². The monoisotopic (exact) mass is 200 g/mol. The van der Waals surface area contributed by atoms with Gasteiger partial charge in [-0.3, -0.25) is 4.90 Å². The first-order valence-corrected chi connectivity index (χ1v) is 5.13. The molecule has 0 aromatic heterocycles. The maximum atomic E-state index is 8.86. The minimum Gasteiger partial charge on any atom is -0.395 e. The van der Waals surface area contributed by atoms with Crippen molar-refractivity contribution in [1.29, 1.82) is 0 Å². The van der Waals surface area contributed by atoms with Crippen LogP contribution in [-0.4, -0.2) is 62.0 Å². The van der Waals surface area contributed by atoms with Gasteiger partial charge in [0.05, 0.1) is 19.3 Å². The van der Waals surface area contributed by atoms with Crippen LogP contribution < -0.4 is 5.32 Å². The Labute approximate surface area is 85.5 Å². The van der Waals surface area contributed by atoms with E-state index >= 15 is 0 Å². The second-order valence-electron chi connectivity index (χ2n) is 3.47. The van der Waals surface area contributed by atoms with E-state index in [2.05, 4.69) is 16.8 Å². The molecule has 14 heavy (non-hydrogen) atoms. The van der Waals surface area contributed by atoms with Crippen molar-refractivity contribution in [2.24, 2.45) is 0 Å². The van der Waals surface area contributed by atoms with Crippen LogP contribution in [0.5, 0.6) is 0 Å². The van der Waals surface area contributed by atoms with Crippen LogP contribution >= 0.6 is 0 Å². The standard InChI is InChI=1S/C10H20N2O2/c1-2-4-12(5-6-13)9-10-8-11-3-7-14-10/h2,10-11,13H,1,3-9H2. The fraction of sp³-hybridized carbons (Fsp3) is 0.800. The molecule has 0 aliphatic carbocycles. The van der Waals surface area contributed by atoms with Crippen molar-refractivity contribution >= 4 is 0 Å². The van der Waals surface area contributed by atoms with Gasteiger partial charge in [-0.25, -0.2) is 0 Å². The highest BCUT2D eigenvalue weighted by Gasteiger charge is 2.16. The largest absolute Gasteiger partial charge is 0.395 e. The molecule has 1 unspecified atom stereocenters. The number of nitrogens with one attached hydrogen (secondary N) is 1. The summed E-state index contributed by atoms with van der Waals surface area (Å²) in [6, 6.07) is 0. The van der Waals surface area contributed by atoms with Gasteiger partial charge in [-0.05, 0) is 0 Å². The third-order valence-corrected chi connectivity index (χ3v) is 2.27. The molecule has 4 nitrogen and oxygen atoms in total. The number of nitrogens with zero attached hydrogens (tertiary/aromatic N) is 1. The second kappa shape index (κ2) is 6.95. The van der Waals surface area contributed by atoms with Gasteiger partial charge in [-0.15, -0.1) is 6.58 Å². The Balaban J connectivity index is 2.25. The summed E-state index contributed by atoms with van der Waals surface area (Å²) in [5, 5.41) is 12.1. The first kappa shape index (κ1) is 11.7. The van der Waals surface area contributed by atoms with Gasteiger partial charge < -0.3 is 15.2 Å². The fourth-order valence-electron chi connectivity index (χ4n) is 1.61. The molecule has 0 saturated carbocycles. The number of morpholine rings is 1. The maximum Gasteiger partial charge on any atom is 0.0826 e. The molecule has 2 N–H and O–H groups in total. The summed E-state index contributed by atoms with van der Waals surface area (Å²) in [5.41, 5.74) is 0. The van der Waals surface area contributed by atoms with Crippen LogP contribution in [-0.2, 0) is 4.74 Å². The van der Waals surface area contributed by atoms with Gasteiger partial charge in [-0.1, -0.05) is 6.08 Å². The second-order valence-corrected chi connectivity index (χ2v) is 3.47. The van der Waals surface area contributed by atoms with Crippen molar-refractivity contribution in [3.63, 3.8) is 0 Å². The van der Waals surface area contributed by atoms with Crippen LogP contribution in [0.2, 0.25) is 0 Å². The molecular formula is C10H20N2O2. The molecule has 1 saturated heterocycles. The number of hydrogen-bond donors (Lipinski definition) is 2. The highest BCUT2D eigenvalue weighted by Crippen LogP contribution is 2.00. The van der Waals surface area contributed by atoms with Gasteiger partial charge in [0.1, 0.15) is 0 Å². The molecule has 1 atom stereocenters. The van der Waals surface area contributed by atoms with Crippen molar-refractivity contribution in [2.75, 3.05) is 45.9 Å². The summed E-state index contributed by atoms with van der Waals surface area (Å²) in [7, 11) is 0. The van der Waals surface area contributed by atoms with Crippen LogP contribution in [0.25, 0.3) is 0 Å². The summed E-state index contributed by atoms with van der Waals surface area (Å²) >= 11 is 0. The van der Waals surface area contributed by atoms with E-state index in [1.807, 2.05) is 6.08 Å². The molecule has 0 spiro atoms. The molecule has 1 aliphatic heterocycles. The first-order valence-electron chi connectivity index (χ1n) is 5.13. The van der Waals surface area contributed by atoms with Crippen molar-refractivity contribution in [1.82, 2.24) is 10.2 Å². The molecular weight excluding hydrogens is 180 g/mol. The van der Waals surface area contributed by atoms with Crippen LogP contribution in [0.15, 0.2) is 12.7 Å². The summed E-state index contributed by atoms with van der Waals surface area (Å²) in [6.45, 7) is 8.87. The smallest absolute Gasteiger partial charge is 0.0826 e. The molecule has 0 amide bonds. The number of ether oxygens (including phenoxy) is 1. The zero-order valence-corrected chi connectivity index (χ0v) is 8.61. The van der Waals surface area contributed by atoms with E-state index in [1.165, 1.54) is 0 Å². The van der Waals surface area contributed by atoms with Gasteiger partial charge in [0, 0.05) is 32.7 Å². The van der Waals surface area contributed by atoms with E-state index in [-0.39, 0.29) is 12.7 Å². The zero-order chi connectivity index (χ0) is 10.2. The molecule has 1 aliphatic rings. The predicted molar refractivity (Wildman–Crippen MR) is 56.3 cm³/mol. The molecule has 1 rings (SSSR count). The van der Waals surface area contributed by atoms with Gasteiger partial charge in [0.15, 0.2) is 0 Å². The highest BCUT2D eigenvalue weighted by molar-refractivity contribution is 4.77.